The molecule has 6 heteroatoms. The third kappa shape index (κ3) is 5.41. The van der Waals surface area contributed by atoms with Crippen molar-refractivity contribution < 1.29 is 23.9 Å². The fraction of sp³-hybridized carbons (Fsp3) is 0.286. The number of carbonyl (C=O) groups is 3. The number of methoxy groups -OCH3 is 1. The molecule has 6 nitrogen and oxygen atoms in total. The van der Waals surface area contributed by atoms with Crippen molar-refractivity contribution in [3.63, 3.8) is 0 Å². The van der Waals surface area contributed by atoms with Gasteiger partial charge in [0, 0.05) is 6.54 Å². The van der Waals surface area contributed by atoms with Crippen LogP contribution in [0, 0.1) is 20.8 Å². The molecular weight excluding hydrogens is 346 g/mol. The van der Waals surface area contributed by atoms with E-state index in [1.165, 1.54) is 7.11 Å². The van der Waals surface area contributed by atoms with Crippen molar-refractivity contribution >= 4 is 17.8 Å². The normalized spacial score (nSPS) is 10.2. The Labute approximate surface area is 158 Å². The first-order valence-electron chi connectivity index (χ1n) is 8.50. The van der Waals surface area contributed by atoms with E-state index in [9.17, 15) is 14.4 Å². The van der Waals surface area contributed by atoms with E-state index in [1.807, 2.05) is 32.9 Å². The van der Waals surface area contributed by atoms with Gasteiger partial charge in [0.05, 0.1) is 18.2 Å². The van der Waals surface area contributed by atoms with E-state index in [-0.39, 0.29) is 13.2 Å². The van der Waals surface area contributed by atoms with Gasteiger partial charge >= 0.3 is 11.9 Å². The van der Waals surface area contributed by atoms with E-state index >= 15 is 0 Å². The predicted octanol–water partition coefficient (Wildman–Crippen LogP) is 2.87. The minimum atomic E-state index is -0.511. The monoisotopic (exact) mass is 369 g/mol. The van der Waals surface area contributed by atoms with Crippen molar-refractivity contribution in [2.24, 2.45) is 0 Å². The lowest BCUT2D eigenvalue weighted by molar-refractivity contribution is -0.124. The van der Waals surface area contributed by atoms with Crippen molar-refractivity contribution in [2.75, 3.05) is 13.7 Å². The molecule has 0 fully saturated rings. The largest absolute Gasteiger partial charge is 0.465 e. The number of carbonyl (C=O) groups excluding carboxylic acids is 3. The third-order valence-electron chi connectivity index (χ3n) is 4.08. The molecule has 0 aromatic heterocycles. The Morgan fingerprint density at radius 1 is 0.926 bits per heavy atom. The van der Waals surface area contributed by atoms with Crippen LogP contribution in [0.2, 0.25) is 0 Å². The standard InChI is InChI=1S/C21H23NO5/c1-13-9-14(2)19(15(3)10-13)21(25)27-12-18(23)22-11-16-5-7-17(8-6-16)20(24)26-4/h5-10H,11-12H2,1-4H3,(H,22,23). The van der Waals surface area contributed by atoms with E-state index in [0.29, 0.717) is 11.1 Å². The number of benzene rings is 2. The van der Waals surface area contributed by atoms with Crippen LogP contribution in [0.3, 0.4) is 0 Å². The first-order valence-corrected chi connectivity index (χ1v) is 8.50. The topological polar surface area (TPSA) is 81.7 Å². The quantitative estimate of drug-likeness (QED) is 0.792. The van der Waals surface area contributed by atoms with Gasteiger partial charge in [0.15, 0.2) is 6.61 Å². The van der Waals surface area contributed by atoms with Gasteiger partial charge in [0.1, 0.15) is 0 Å². The fourth-order valence-electron chi connectivity index (χ4n) is 2.83. The van der Waals surface area contributed by atoms with E-state index in [4.69, 9.17) is 4.74 Å². The zero-order chi connectivity index (χ0) is 20.0. The van der Waals surface area contributed by atoms with E-state index in [0.717, 1.165) is 22.3 Å². The lowest BCUT2D eigenvalue weighted by Crippen LogP contribution is -2.28. The Balaban J connectivity index is 1.86. The van der Waals surface area contributed by atoms with Gasteiger partial charge in [0.25, 0.3) is 5.91 Å². The summed E-state index contributed by atoms with van der Waals surface area (Å²) >= 11 is 0. The van der Waals surface area contributed by atoms with Crippen molar-refractivity contribution in [3.8, 4) is 0 Å². The van der Waals surface area contributed by atoms with Crippen molar-refractivity contribution in [1.29, 1.82) is 0 Å². The van der Waals surface area contributed by atoms with Crippen LogP contribution in [-0.4, -0.2) is 31.6 Å². The summed E-state index contributed by atoms with van der Waals surface area (Å²) in [4.78, 5) is 35.6. The van der Waals surface area contributed by atoms with Crippen LogP contribution in [0.4, 0.5) is 0 Å². The molecule has 1 N–H and O–H groups in total. The molecule has 0 bridgehead atoms. The maximum Gasteiger partial charge on any atom is 0.339 e. The summed E-state index contributed by atoms with van der Waals surface area (Å²) in [6, 6.07) is 10.5. The van der Waals surface area contributed by atoms with Crippen LogP contribution in [-0.2, 0) is 20.8 Å². The molecule has 0 aliphatic heterocycles. The first-order chi connectivity index (χ1) is 12.8. The number of aryl methyl sites for hydroxylation is 3. The molecule has 0 saturated heterocycles. The van der Waals surface area contributed by atoms with E-state index in [2.05, 4.69) is 10.1 Å². The molecular formula is C21H23NO5. The smallest absolute Gasteiger partial charge is 0.339 e. The van der Waals surface area contributed by atoms with Gasteiger partial charge in [-0.15, -0.1) is 0 Å². The summed E-state index contributed by atoms with van der Waals surface area (Å²) in [5.41, 5.74) is 4.45. The Morgan fingerprint density at radius 2 is 1.52 bits per heavy atom. The predicted molar refractivity (Wildman–Crippen MR) is 101 cm³/mol. The molecule has 0 aliphatic rings. The Bertz CT molecular complexity index is 832. The number of hydrogen-bond acceptors (Lipinski definition) is 5. The molecule has 1 amide bonds. The highest BCUT2D eigenvalue weighted by Crippen LogP contribution is 2.17. The molecule has 0 saturated carbocycles. The molecule has 2 aromatic carbocycles. The molecule has 142 valence electrons. The summed E-state index contributed by atoms with van der Waals surface area (Å²) in [5, 5.41) is 2.67. The minimum absolute atomic E-state index is 0.264. The van der Waals surface area contributed by atoms with Crippen molar-refractivity contribution in [3.05, 3.63) is 69.8 Å². The molecule has 0 radical (unpaired) electrons. The second-order valence-electron chi connectivity index (χ2n) is 6.32. The summed E-state index contributed by atoms with van der Waals surface area (Å²) < 4.78 is 9.76. The van der Waals surface area contributed by atoms with Gasteiger partial charge in [-0.3, -0.25) is 4.79 Å². The Kier molecular flexibility index (Phi) is 6.71. The summed E-state index contributed by atoms with van der Waals surface area (Å²) in [7, 11) is 1.32. The molecule has 0 unspecified atom stereocenters. The summed E-state index contributed by atoms with van der Waals surface area (Å²) in [6.45, 7) is 5.55. The molecule has 2 aromatic rings. The molecule has 0 spiro atoms. The first kappa shape index (κ1) is 20.2. The van der Waals surface area contributed by atoms with E-state index < -0.39 is 17.8 Å². The second kappa shape index (κ2) is 8.98. The summed E-state index contributed by atoms with van der Waals surface area (Å²) in [6.07, 6.45) is 0. The van der Waals surface area contributed by atoms with Crippen LogP contribution in [0.5, 0.6) is 0 Å². The van der Waals surface area contributed by atoms with E-state index in [1.54, 1.807) is 24.3 Å². The van der Waals surface area contributed by atoms with Crippen LogP contribution in [0.25, 0.3) is 0 Å². The third-order valence-corrected chi connectivity index (χ3v) is 4.08. The minimum Gasteiger partial charge on any atom is -0.465 e. The lowest BCUT2D eigenvalue weighted by Gasteiger charge is -2.11. The highest BCUT2D eigenvalue weighted by molar-refractivity contribution is 5.94. The number of ether oxygens (including phenoxy) is 2. The number of rotatable bonds is 6. The highest BCUT2D eigenvalue weighted by Gasteiger charge is 2.15. The van der Waals surface area contributed by atoms with Crippen LogP contribution < -0.4 is 5.32 Å². The fourth-order valence-corrected chi connectivity index (χ4v) is 2.83. The van der Waals surface area contributed by atoms with Crippen LogP contribution in [0.15, 0.2) is 36.4 Å². The summed E-state index contributed by atoms with van der Waals surface area (Å²) in [5.74, 6) is -1.33. The maximum absolute atomic E-state index is 12.3. The average molecular weight is 369 g/mol. The molecule has 27 heavy (non-hydrogen) atoms. The van der Waals surface area contributed by atoms with Crippen molar-refractivity contribution in [2.45, 2.75) is 27.3 Å². The zero-order valence-electron chi connectivity index (χ0n) is 15.9. The Hall–Kier alpha value is -3.15. The van der Waals surface area contributed by atoms with Crippen LogP contribution >= 0.6 is 0 Å². The molecule has 0 heterocycles. The van der Waals surface area contributed by atoms with Gasteiger partial charge in [0.2, 0.25) is 0 Å². The number of amides is 1. The lowest BCUT2D eigenvalue weighted by atomic mass is 10.00. The molecule has 2 rings (SSSR count). The zero-order valence-corrected chi connectivity index (χ0v) is 15.9. The van der Waals surface area contributed by atoms with Crippen LogP contribution in [0.1, 0.15) is 43.0 Å². The highest BCUT2D eigenvalue weighted by atomic mass is 16.5. The van der Waals surface area contributed by atoms with Gasteiger partial charge < -0.3 is 14.8 Å². The molecule has 0 atom stereocenters. The van der Waals surface area contributed by atoms with Crippen molar-refractivity contribution in [1.82, 2.24) is 5.32 Å². The maximum atomic E-state index is 12.3. The second-order valence-corrected chi connectivity index (χ2v) is 6.32. The Morgan fingerprint density at radius 3 is 2.07 bits per heavy atom. The average Bonchev–Trinajstić information content (AvgIpc) is 2.63. The number of hydrogen-bond donors (Lipinski definition) is 1. The van der Waals surface area contributed by atoms with Gasteiger partial charge in [-0.25, -0.2) is 9.59 Å². The number of nitrogens with one attached hydrogen (secondary N) is 1. The molecule has 0 aliphatic carbocycles. The van der Waals surface area contributed by atoms with Gasteiger partial charge in [-0.05, 0) is 49.6 Å². The van der Waals surface area contributed by atoms with Gasteiger partial charge in [-0.1, -0.05) is 29.8 Å². The van der Waals surface area contributed by atoms with Gasteiger partial charge in [-0.2, -0.15) is 0 Å². The number of esters is 2. The SMILES string of the molecule is COC(=O)c1ccc(CNC(=O)COC(=O)c2c(C)cc(C)cc2C)cc1.